The van der Waals surface area contributed by atoms with E-state index in [1.54, 1.807) is 6.92 Å². The van der Waals surface area contributed by atoms with Crippen molar-refractivity contribution in [2.45, 2.75) is 39.2 Å². The molecule has 2 heteroatoms. The van der Waals surface area contributed by atoms with Gasteiger partial charge in [0, 0.05) is 0 Å². The summed E-state index contributed by atoms with van der Waals surface area (Å²) in [6.07, 6.45) is 3.86. The minimum Gasteiger partial charge on any atom is -0.298 e. The maximum absolute atomic E-state index is 11.0. The standard InChI is InChI=1S/C9H17NO/c1-8(9(2)11)10-6-4-3-5-7-10/h8H,3-7H2,1-2H3. The van der Waals surface area contributed by atoms with Gasteiger partial charge in [-0.15, -0.1) is 0 Å². The SMILES string of the molecule is CC(=O)C(C)N1CCCCC1. The Labute approximate surface area is 68.6 Å². The van der Waals surface area contributed by atoms with E-state index in [1.165, 1.54) is 19.3 Å². The van der Waals surface area contributed by atoms with Gasteiger partial charge < -0.3 is 0 Å². The van der Waals surface area contributed by atoms with Crippen LogP contribution in [0.4, 0.5) is 0 Å². The van der Waals surface area contributed by atoms with Gasteiger partial charge in [0.15, 0.2) is 0 Å². The summed E-state index contributed by atoms with van der Waals surface area (Å²) >= 11 is 0. The fraction of sp³-hybridized carbons (Fsp3) is 0.889. The van der Waals surface area contributed by atoms with Crippen molar-refractivity contribution in [1.29, 1.82) is 0 Å². The second-order valence-corrected chi connectivity index (χ2v) is 3.38. The highest BCUT2D eigenvalue weighted by atomic mass is 16.1. The van der Waals surface area contributed by atoms with Crippen LogP contribution in [0.3, 0.4) is 0 Å². The van der Waals surface area contributed by atoms with Crippen LogP contribution < -0.4 is 0 Å². The molecule has 0 N–H and O–H groups in total. The predicted molar refractivity (Wildman–Crippen MR) is 45.6 cm³/mol. The molecule has 1 aliphatic rings. The monoisotopic (exact) mass is 155 g/mol. The highest BCUT2D eigenvalue weighted by molar-refractivity contribution is 5.80. The Bertz CT molecular complexity index is 138. The van der Waals surface area contributed by atoms with Crippen molar-refractivity contribution in [3.05, 3.63) is 0 Å². The molecule has 1 heterocycles. The molecule has 2 nitrogen and oxygen atoms in total. The van der Waals surface area contributed by atoms with Crippen LogP contribution >= 0.6 is 0 Å². The lowest BCUT2D eigenvalue weighted by Crippen LogP contribution is -2.41. The van der Waals surface area contributed by atoms with Gasteiger partial charge in [0.2, 0.25) is 0 Å². The molecule has 1 unspecified atom stereocenters. The van der Waals surface area contributed by atoms with E-state index in [1.807, 2.05) is 6.92 Å². The molecule has 0 amide bonds. The molecule has 0 aliphatic carbocycles. The van der Waals surface area contributed by atoms with Gasteiger partial charge in [0.1, 0.15) is 5.78 Å². The third kappa shape index (κ3) is 2.29. The third-order valence-electron chi connectivity index (χ3n) is 2.53. The Kier molecular flexibility index (Phi) is 3.06. The number of rotatable bonds is 2. The molecule has 1 aliphatic heterocycles. The number of nitrogens with zero attached hydrogens (tertiary/aromatic N) is 1. The average molecular weight is 155 g/mol. The van der Waals surface area contributed by atoms with Crippen LogP contribution in [0, 0.1) is 0 Å². The minimum atomic E-state index is 0.148. The first kappa shape index (κ1) is 8.72. The van der Waals surface area contributed by atoms with Crippen molar-refractivity contribution in [3.8, 4) is 0 Å². The summed E-state index contributed by atoms with van der Waals surface area (Å²) in [6, 6.07) is 0.148. The molecule has 0 aromatic heterocycles. The van der Waals surface area contributed by atoms with Crippen LogP contribution in [0.5, 0.6) is 0 Å². The van der Waals surface area contributed by atoms with E-state index in [0.29, 0.717) is 5.78 Å². The molecular weight excluding hydrogens is 138 g/mol. The number of piperidine rings is 1. The van der Waals surface area contributed by atoms with Crippen LogP contribution in [0.15, 0.2) is 0 Å². The predicted octanol–water partition coefficient (Wildman–Crippen LogP) is 1.45. The van der Waals surface area contributed by atoms with Gasteiger partial charge in [0.25, 0.3) is 0 Å². The first-order valence-electron chi connectivity index (χ1n) is 4.46. The maximum Gasteiger partial charge on any atom is 0.146 e. The summed E-state index contributed by atoms with van der Waals surface area (Å²) in [7, 11) is 0. The van der Waals surface area contributed by atoms with Crippen LogP contribution in [-0.4, -0.2) is 29.8 Å². The minimum absolute atomic E-state index is 0.148. The Hall–Kier alpha value is -0.370. The Morgan fingerprint density at radius 2 is 1.82 bits per heavy atom. The normalized spacial score (nSPS) is 23.1. The number of carbonyl (C=O) groups excluding carboxylic acids is 1. The van der Waals surface area contributed by atoms with Crippen molar-refractivity contribution in [3.63, 3.8) is 0 Å². The fourth-order valence-electron chi connectivity index (χ4n) is 1.56. The van der Waals surface area contributed by atoms with Gasteiger partial charge in [-0.1, -0.05) is 6.42 Å². The van der Waals surface area contributed by atoms with E-state index in [-0.39, 0.29) is 6.04 Å². The molecule has 0 aromatic carbocycles. The lowest BCUT2D eigenvalue weighted by molar-refractivity contribution is -0.121. The molecule has 1 rings (SSSR count). The van der Waals surface area contributed by atoms with E-state index in [2.05, 4.69) is 4.90 Å². The summed E-state index contributed by atoms with van der Waals surface area (Å²) in [5.41, 5.74) is 0. The highest BCUT2D eigenvalue weighted by Crippen LogP contribution is 2.11. The summed E-state index contributed by atoms with van der Waals surface area (Å²) in [5, 5.41) is 0. The van der Waals surface area contributed by atoms with Crippen molar-refractivity contribution < 1.29 is 4.79 Å². The van der Waals surface area contributed by atoms with Crippen LogP contribution in [0.1, 0.15) is 33.1 Å². The summed E-state index contributed by atoms with van der Waals surface area (Å²) in [5.74, 6) is 0.298. The van der Waals surface area contributed by atoms with Crippen molar-refractivity contribution in [2.75, 3.05) is 13.1 Å². The quantitative estimate of drug-likeness (QED) is 0.601. The van der Waals surface area contributed by atoms with E-state index < -0.39 is 0 Å². The average Bonchev–Trinajstić information content (AvgIpc) is 2.05. The Balaban J connectivity index is 2.38. The lowest BCUT2D eigenvalue weighted by Gasteiger charge is -2.30. The molecule has 1 atom stereocenters. The smallest absolute Gasteiger partial charge is 0.146 e. The van der Waals surface area contributed by atoms with E-state index in [4.69, 9.17) is 0 Å². The zero-order valence-electron chi connectivity index (χ0n) is 7.47. The van der Waals surface area contributed by atoms with E-state index >= 15 is 0 Å². The summed E-state index contributed by atoms with van der Waals surface area (Å²) in [6.45, 7) is 5.91. The number of ketones is 1. The number of Topliss-reactive ketones (excluding diaryl/α,β-unsaturated/α-hetero) is 1. The number of hydrogen-bond donors (Lipinski definition) is 0. The second kappa shape index (κ2) is 3.86. The molecule has 11 heavy (non-hydrogen) atoms. The molecule has 0 bridgehead atoms. The largest absolute Gasteiger partial charge is 0.298 e. The zero-order chi connectivity index (χ0) is 8.27. The lowest BCUT2D eigenvalue weighted by atomic mass is 10.1. The molecule has 0 radical (unpaired) electrons. The molecule has 0 saturated carbocycles. The number of likely N-dealkylation sites (tertiary alicyclic amines) is 1. The third-order valence-corrected chi connectivity index (χ3v) is 2.53. The van der Waals surface area contributed by atoms with Gasteiger partial charge in [-0.25, -0.2) is 0 Å². The summed E-state index contributed by atoms with van der Waals surface area (Å²) < 4.78 is 0. The van der Waals surface area contributed by atoms with Gasteiger partial charge in [-0.3, -0.25) is 9.69 Å². The van der Waals surface area contributed by atoms with Gasteiger partial charge >= 0.3 is 0 Å². The van der Waals surface area contributed by atoms with Crippen LogP contribution in [-0.2, 0) is 4.79 Å². The molecule has 64 valence electrons. The Morgan fingerprint density at radius 1 is 1.27 bits per heavy atom. The number of hydrogen-bond acceptors (Lipinski definition) is 2. The highest BCUT2D eigenvalue weighted by Gasteiger charge is 2.19. The molecular formula is C9H17NO. The van der Waals surface area contributed by atoms with Gasteiger partial charge in [0.05, 0.1) is 6.04 Å². The van der Waals surface area contributed by atoms with Gasteiger partial charge in [-0.05, 0) is 39.8 Å². The Morgan fingerprint density at radius 3 is 2.27 bits per heavy atom. The first-order valence-corrected chi connectivity index (χ1v) is 4.46. The van der Waals surface area contributed by atoms with Crippen molar-refractivity contribution in [2.24, 2.45) is 0 Å². The second-order valence-electron chi connectivity index (χ2n) is 3.38. The molecule has 1 fully saturated rings. The number of carbonyl (C=O) groups is 1. The molecule has 0 aromatic rings. The molecule has 0 spiro atoms. The van der Waals surface area contributed by atoms with Crippen LogP contribution in [0.25, 0.3) is 0 Å². The molecule has 1 saturated heterocycles. The fourth-order valence-corrected chi connectivity index (χ4v) is 1.56. The summed E-state index contributed by atoms with van der Waals surface area (Å²) in [4.78, 5) is 13.3. The van der Waals surface area contributed by atoms with Crippen molar-refractivity contribution in [1.82, 2.24) is 4.90 Å². The van der Waals surface area contributed by atoms with Crippen molar-refractivity contribution >= 4 is 5.78 Å². The topological polar surface area (TPSA) is 20.3 Å². The first-order chi connectivity index (χ1) is 5.22. The van der Waals surface area contributed by atoms with Crippen LogP contribution in [0.2, 0.25) is 0 Å². The zero-order valence-corrected chi connectivity index (χ0v) is 7.47. The van der Waals surface area contributed by atoms with Gasteiger partial charge in [-0.2, -0.15) is 0 Å². The van der Waals surface area contributed by atoms with E-state index in [0.717, 1.165) is 13.1 Å². The maximum atomic E-state index is 11.0. The van der Waals surface area contributed by atoms with E-state index in [9.17, 15) is 4.79 Å².